The molecular formula is C21H22FNO6S. The maximum Gasteiger partial charge on any atom is 0.414 e. The third-order valence-corrected chi connectivity index (χ3v) is 4.53. The van der Waals surface area contributed by atoms with Crippen LogP contribution in [0.3, 0.4) is 0 Å². The van der Waals surface area contributed by atoms with Crippen molar-refractivity contribution in [2.24, 2.45) is 5.92 Å². The van der Waals surface area contributed by atoms with Crippen LogP contribution >= 0.6 is 12.6 Å². The van der Waals surface area contributed by atoms with Crippen LogP contribution in [-0.4, -0.2) is 35.4 Å². The number of hydrogen-bond donors (Lipinski definition) is 3. The summed E-state index contributed by atoms with van der Waals surface area (Å²) in [5, 5.41) is 11.5. The summed E-state index contributed by atoms with van der Waals surface area (Å²) in [6.45, 7) is 1.77. The highest BCUT2D eigenvalue weighted by atomic mass is 32.1. The first-order chi connectivity index (χ1) is 14.3. The van der Waals surface area contributed by atoms with Crippen LogP contribution in [-0.2, 0) is 14.3 Å². The maximum atomic E-state index is 13.8. The second kappa shape index (κ2) is 11.2. The molecule has 30 heavy (non-hydrogen) atoms. The maximum absolute atomic E-state index is 13.8. The Labute approximate surface area is 178 Å². The van der Waals surface area contributed by atoms with Gasteiger partial charge >= 0.3 is 12.1 Å². The third kappa shape index (κ3) is 6.77. The number of amides is 2. The van der Waals surface area contributed by atoms with Crippen molar-refractivity contribution in [2.75, 3.05) is 12.4 Å². The van der Waals surface area contributed by atoms with E-state index < -0.39 is 41.6 Å². The first kappa shape index (κ1) is 23.2. The number of nitrogens with one attached hydrogen (secondary N) is 1. The molecule has 9 heteroatoms. The Morgan fingerprint density at radius 2 is 1.87 bits per heavy atom. The van der Waals surface area contributed by atoms with Crippen LogP contribution in [0.2, 0.25) is 0 Å². The number of aromatic hydroxyl groups is 1. The van der Waals surface area contributed by atoms with E-state index in [0.29, 0.717) is 6.42 Å². The van der Waals surface area contributed by atoms with Crippen LogP contribution in [0.1, 0.15) is 35.4 Å². The van der Waals surface area contributed by atoms with Crippen molar-refractivity contribution in [3.8, 4) is 5.75 Å². The summed E-state index contributed by atoms with van der Waals surface area (Å²) < 4.78 is 24.2. The van der Waals surface area contributed by atoms with Gasteiger partial charge in [-0.2, -0.15) is 12.6 Å². The number of imide groups is 1. The van der Waals surface area contributed by atoms with Crippen LogP contribution in [0, 0.1) is 11.7 Å². The lowest BCUT2D eigenvalue weighted by molar-refractivity contribution is -0.141. The van der Waals surface area contributed by atoms with E-state index in [0.717, 1.165) is 12.1 Å². The molecule has 0 spiro atoms. The number of alkyl carbamates (subject to hydrolysis) is 1. The average molecular weight is 435 g/mol. The lowest BCUT2D eigenvalue weighted by Gasteiger charge is -2.24. The van der Waals surface area contributed by atoms with E-state index in [1.165, 1.54) is 18.2 Å². The minimum atomic E-state index is -1.01. The van der Waals surface area contributed by atoms with Gasteiger partial charge in [0.2, 0.25) is 0 Å². The quantitative estimate of drug-likeness (QED) is 0.432. The molecule has 0 bridgehead atoms. The number of esters is 1. The molecular weight excluding hydrogens is 413 g/mol. The molecule has 2 amide bonds. The lowest BCUT2D eigenvalue weighted by Crippen LogP contribution is -2.33. The van der Waals surface area contributed by atoms with Crippen molar-refractivity contribution in [3.63, 3.8) is 0 Å². The van der Waals surface area contributed by atoms with E-state index in [1.807, 2.05) is 0 Å². The fraction of sp³-hybridized carbons (Fsp3) is 0.286. The standard InChI is InChI=1S/C21H22FNO6S/c1-13(9-10-28-18(25)12-30)19(15-7-8-17(24)16(22)11-15)29-21(27)23-20(26)14-5-3-2-4-6-14/h2-8,11,13,19,24,30H,9-10,12H2,1H3,(H,23,26,27)/t13-,19+/m0/s1. The van der Waals surface area contributed by atoms with E-state index >= 15 is 0 Å². The van der Waals surface area contributed by atoms with Gasteiger partial charge in [-0.1, -0.05) is 31.2 Å². The van der Waals surface area contributed by atoms with Gasteiger partial charge in [0, 0.05) is 11.5 Å². The zero-order valence-electron chi connectivity index (χ0n) is 16.2. The van der Waals surface area contributed by atoms with Crippen molar-refractivity contribution < 1.29 is 33.4 Å². The number of hydrogen-bond acceptors (Lipinski definition) is 7. The van der Waals surface area contributed by atoms with Crippen molar-refractivity contribution in [3.05, 3.63) is 65.5 Å². The molecule has 2 aromatic rings. The van der Waals surface area contributed by atoms with Gasteiger partial charge in [-0.3, -0.25) is 14.9 Å². The first-order valence-electron chi connectivity index (χ1n) is 9.13. The normalized spacial score (nSPS) is 12.5. The third-order valence-electron chi connectivity index (χ3n) is 4.27. The predicted molar refractivity (Wildman–Crippen MR) is 110 cm³/mol. The number of benzene rings is 2. The average Bonchev–Trinajstić information content (AvgIpc) is 2.74. The molecule has 0 aliphatic carbocycles. The molecule has 0 unspecified atom stereocenters. The van der Waals surface area contributed by atoms with Gasteiger partial charge in [0.25, 0.3) is 5.91 Å². The summed E-state index contributed by atoms with van der Waals surface area (Å²) in [6.07, 6.45) is -1.67. The highest BCUT2D eigenvalue weighted by molar-refractivity contribution is 7.81. The fourth-order valence-electron chi connectivity index (χ4n) is 2.67. The van der Waals surface area contributed by atoms with Crippen LogP contribution in [0.25, 0.3) is 0 Å². The summed E-state index contributed by atoms with van der Waals surface area (Å²) in [7, 11) is 0. The number of phenolic OH excluding ortho intramolecular Hbond substituents is 1. The molecule has 0 aliphatic heterocycles. The van der Waals surface area contributed by atoms with Crippen molar-refractivity contribution in [1.29, 1.82) is 0 Å². The van der Waals surface area contributed by atoms with Crippen LogP contribution in [0.5, 0.6) is 5.75 Å². The molecule has 2 rings (SSSR count). The van der Waals surface area contributed by atoms with Crippen molar-refractivity contribution in [2.45, 2.75) is 19.4 Å². The van der Waals surface area contributed by atoms with Crippen LogP contribution in [0.15, 0.2) is 48.5 Å². The molecule has 2 aromatic carbocycles. The van der Waals surface area contributed by atoms with E-state index in [1.54, 1.807) is 25.1 Å². The van der Waals surface area contributed by atoms with Crippen molar-refractivity contribution in [1.82, 2.24) is 5.32 Å². The van der Waals surface area contributed by atoms with E-state index in [-0.39, 0.29) is 23.5 Å². The summed E-state index contributed by atoms with van der Waals surface area (Å²) in [6, 6.07) is 11.7. The van der Waals surface area contributed by atoms with E-state index in [9.17, 15) is 23.9 Å². The van der Waals surface area contributed by atoms with Gasteiger partial charge < -0.3 is 14.6 Å². The minimum absolute atomic E-state index is 0.0472. The molecule has 7 nitrogen and oxygen atoms in total. The molecule has 2 N–H and O–H groups in total. The molecule has 0 saturated heterocycles. The topological polar surface area (TPSA) is 102 Å². The molecule has 0 fully saturated rings. The SMILES string of the molecule is C[C@@H](CCOC(=O)CS)[C@@H](OC(=O)NC(=O)c1ccccc1)c1ccc(O)c(F)c1. The molecule has 160 valence electrons. The summed E-state index contributed by atoms with van der Waals surface area (Å²) >= 11 is 3.82. The number of ether oxygens (including phenoxy) is 2. The summed E-state index contributed by atoms with van der Waals surface area (Å²) in [4.78, 5) is 35.7. The zero-order chi connectivity index (χ0) is 22.1. The first-order valence-corrected chi connectivity index (χ1v) is 9.77. The largest absolute Gasteiger partial charge is 0.505 e. The lowest BCUT2D eigenvalue weighted by atomic mass is 9.94. The molecule has 2 atom stereocenters. The number of thiol groups is 1. The Kier molecular flexibility index (Phi) is 8.67. The minimum Gasteiger partial charge on any atom is -0.505 e. The molecule has 0 heterocycles. The van der Waals surface area contributed by atoms with E-state index in [4.69, 9.17) is 9.47 Å². The smallest absolute Gasteiger partial charge is 0.414 e. The van der Waals surface area contributed by atoms with Gasteiger partial charge in [0.05, 0.1) is 12.4 Å². The van der Waals surface area contributed by atoms with Crippen molar-refractivity contribution >= 4 is 30.6 Å². The molecule has 0 saturated carbocycles. The highest BCUT2D eigenvalue weighted by Gasteiger charge is 2.26. The number of phenols is 1. The molecule has 0 aliphatic rings. The monoisotopic (exact) mass is 435 g/mol. The molecule has 0 aromatic heterocycles. The Hall–Kier alpha value is -3.07. The highest BCUT2D eigenvalue weighted by Crippen LogP contribution is 2.31. The Morgan fingerprint density at radius 3 is 2.50 bits per heavy atom. The number of carbonyl (C=O) groups is 3. The van der Waals surface area contributed by atoms with Gasteiger partial charge in [-0.15, -0.1) is 0 Å². The number of carbonyl (C=O) groups excluding carboxylic acids is 3. The van der Waals surface area contributed by atoms with Gasteiger partial charge in [-0.25, -0.2) is 9.18 Å². The second-order valence-electron chi connectivity index (χ2n) is 6.50. The Bertz CT molecular complexity index is 892. The van der Waals surface area contributed by atoms with Crippen LogP contribution in [0.4, 0.5) is 9.18 Å². The van der Waals surface area contributed by atoms with E-state index in [2.05, 4.69) is 17.9 Å². The van der Waals surface area contributed by atoms with Gasteiger partial charge in [-0.05, 0) is 36.2 Å². The fourth-order valence-corrected chi connectivity index (χ4v) is 2.76. The number of halogens is 1. The zero-order valence-corrected chi connectivity index (χ0v) is 17.1. The summed E-state index contributed by atoms with van der Waals surface area (Å²) in [5.41, 5.74) is 0.550. The predicted octanol–water partition coefficient (Wildman–Crippen LogP) is 3.64. The number of rotatable bonds is 8. The molecule has 0 radical (unpaired) electrons. The summed E-state index contributed by atoms with van der Waals surface area (Å²) in [5.74, 6) is -3.04. The second-order valence-corrected chi connectivity index (χ2v) is 6.82. The Balaban J connectivity index is 2.11. The Morgan fingerprint density at radius 1 is 1.17 bits per heavy atom. The van der Waals surface area contributed by atoms with Gasteiger partial charge in [0.1, 0.15) is 6.10 Å². The van der Waals surface area contributed by atoms with Gasteiger partial charge in [0.15, 0.2) is 11.6 Å². The van der Waals surface area contributed by atoms with Crippen LogP contribution < -0.4 is 5.32 Å².